The van der Waals surface area contributed by atoms with E-state index in [9.17, 15) is 0 Å². The number of fused-ring (bicyclic) bond motifs is 7. The molecule has 64 heavy (non-hydrogen) atoms. The Balaban J connectivity index is 1.01. The van der Waals surface area contributed by atoms with E-state index < -0.39 is 0 Å². The average Bonchev–Trinajstić information content (AvgIpc) is 3.60. The van der Waals surface area contributed by atoms with Crippen molar-refractivity contribution in [1.82, 2.24) is 0 Å². The normalized spacial score (nSPS) is 12.7. The highest BCUT2D eigenvalue weighted by molar-refractivity contribution is 6.08. The first-order valence-corrected chi connectivity index (χ1v) is 22.3. The van der Waals surface area contributed by atoms with Crippen molar-refractivity contribution < 1.29 is 0 Å². The van der Waals surface area contributed by atoms with Gasteiger partial charge in [0.15, 0.2) is 0 Å². The predicted molar refractivity (Wildman–Crippen MR) is 273 cm³/mol. The first kappa shape index (κ1) is 37.7. The minimum atomic E-state index is -0.110. The second kappa shape index (κ2) is 15.1. The van der Waals surface area contributed by atoms with Crippen molar-refractivity contribution in [2.75, 3.05) is 4.90 Å². The third-order valence-electron chi connectivity index (χ3n) is 13.6. The number of nitrogens with zero attached hydrogens (tertiary/aromatic N) is 1. The molecule has 11 aromatic rings. The Labute approximate surface area is 375 Å². The standard InChI is InChI=1S/C63H45N/c1-63(2)60-22-11-10-19-58(60)59-21-12-20-57(62(59)63)46-29-35-53(36-30-46)64(52-33-27-43(28-34-52)48-31-37-55-51(40-48)26-24-45-16-8-9-18-54(45)55)61-41-50(32-38-56(61)44-14-4-3-5-15-44)49-25-23-42-13-6-7-17-47(42)39-49/h3-41H,1-2H3. The van der Waals surface area contributed by atoms with E-state index in [1.54, 1.807) is 0 Å². The lowest BCUT2D eigenvalue weighted by atomic mass is 9.79. The van der Waals surface area contributed by atoms with Crippen molar-refractivity contribution in [2.45, 2.75) is 19.3 Å². The molecule has 1 heteroatoms. The summed E-state index contributed by atoms with van der Waals surface area (Å²) in [7, 11) is 0. The highest BCUT2D eigenvalue weighted by Crippen LogP contribution is 2.52. The molecule has 0 radical (unpaired) electrons. The van der Waals surface area contributed by atoms with Gasteiger partial charge in [0, 0.05) is 22.4 Å². The average molecular weight is 816 g/mol. The van der Waals surface area contributed by atoms with Gasteiger partial charge in [-0.25, -0.2) is 0 Å². The van der Waals surface area contributed by atoms with E-state index in [0.29, 0.717) is 0 Å². The monoisotopic (exact) mass is 815 g/mol. The number of rotatable bonds is 7. The van der Waals surface area contributed by atoms with Crippen LogP contribution in [0.3, 0.4) is 0 Å². The Hall–Kier alpha value is -8.00. The van der Waals surface area contributed by atoms with E-state index in [4.69, 9.17) is 0 Å². The van der Waals surface area contributed by atoms with Crippen LogP contribution in [0.15, 0.2) is 237 Å². The third-order valence-corrected chi connectivity index (χ3v) is 13.6. The van der Waals surface area contributed by atoms with Crippen LogP contribution >= 0.6 is 0 Å². The second-order valence-corrected chi connectivity index (χ2v) is 17.7. The molecule has 0 saturated heterocycles. The van der Waals surface area contributed by atoms with Gasteiger partial charge in [0.05, 0.1) is 5.69 Å². The van der Waals surface area contributed by atoms with Crippen LogP contribution in [0.1, 0.15) is 25.0 Å². The second-order valence-electron chi connectivity index (χ2n) is 17.7. The molecule has 1 aliphatic rings. The summed E-state index contributed by atoms with van der Waals surface area (Å²) in [4.78, 5) is 2.45. The summed E-state index contributed by atoms with van der Waals surface area (Å²) in [5.41, 5.74) is 18.2. The molecule has 0 spiro atoms. The lowest BCUT2D eigenvalue weighted by molar-refractivity contribution is 0.662. The van der Waals surface area contributed by atoms with Gasteiger partial charge in [-0.05, 0) is 136 Å². The lowest BCUT2D eigenvalue weighted by Gasteiger charge is -2.29. The summed E-state index contributed by atoms with van der Waals surface area (Å²) in [6.07, 6.45) is 0. The summed E-state index contributed by atoms with van der Waals surface area (Å²) in [5.74, 6) is 0. The van der Waals surface area contributed by atoms with Gasteiger partial charge in [-0.15, -0.1) is 0 Å². The number of anilines is 3. The van der Waals surface area contributed by atoms with Crippen molar-refractivity contribution >= 4 is 49.4 Å². The third kappa shape index (κ3) is 6.31. The Bertz CT molecular complexity index is 3560. The molecule has 11 aromatic carbocycles. The zero-order valence-electron chi connectivity index (χ0n) is 36.0. The van der Waals surface area contributed by atoms with Crippen molar-refractivity contribution in [3.8, 4) is 55.6 Å². The van der Waals surface area contributed by atoms with E-state index in [1.807, 2.05) is 0 Å². The van der Waals surface area contributed by atoms with E-state index in [2.05, 4.69) is 255 Å². The topological polar surface area (TPSA) is 3.24 Å². The van der Waals surface area contributed by atoms with Gasteiger partial charge in [0.1, 0.15) is 0 Å². The van der Waals surface area contributed by atoms with Crippen LogP contribution in [-0.4, -0.2) is 0 Å². The molecule has 0 saturated carbocycles. The number of benzene rings is 11. The van der Waals surface area contributed by atoms with Crippen LogP contribution in [0.5, 0.6) is 0 Å². The van der Waals surface area contributed by atoms with E-state index >= 15 is 0 Å². The Morgan fingerprint density at radius 3 is 1.62 bits per heavy atom. The van der Waals surface area contributed by atoms with E-state index in [-0.39, 0.29) is 5.41 Å². The fourth-order valence-corrected chi connectivity index (χ4v) is 10.4. The molecule has 0 unspecified atom stereocenters. The molecule has 0 fully saturated rings. The molecule has 1 nitrogen and oxygen atoms in total. The van der Waals surface area contributed by atoms with Crippen LogP contribution in [-0.2, 0) is 5.41 Å². The molecule has 0 heterocycles. The summed E-state index contributed by atoms with van der Waals surface area (Å²) in [6.45, 7) is 4.74. The van der Waals surface area contributed by atoms with Crippen LogP contribution in [0.25, 0.3) is 88.0 Å². The fraction of sp³-hybridized carbons (Fsp3) is 0.0476. The smallest absolute Gasteiger partial charge is 0.0546 e. The largest absolute Gasteiger partial charge is 0.310 e. The maximum absolute atomic E-state index is 2.45. The van der Waals surface area contributed by atoms with Crippen molar-refractivity contribution in [3.05, 3.63) is 248 Å². The van der Waals surface area contributed by atoms with Gasteiger partial charge in [-0.2, -0.15) is 0 Å². The van der Waals surface area contributed by atoms with Crippen molar-refractivity contribution in [2.24, 2.45) is 0 Å². The van der Waals surface area contributed by atoms with Gasteiger partial charge >= 0.3 is 0 Å². The van der Waals surface area contributed by atoms with Gasteiger partial charge in [-0.1, -0.05) is 208 Å². The summed E-state index contributed by atoms with van der Waals surface area (Å²) >= 11 is 0. The van der Waals surface area contributed by atoms with Crippen LogP contribution in [0.2, 0.25) is 0 Å². The van der Waals surface area contributed by atoms with Gasteiger partial charge in [0.2, 0.25) is 0 Å². The van der Waals surface area contributed by atoms with Crippen molar-refractivity contribution in [1.29, 1.82) is 0 Å². The van der Waals surface area contributed by atoms with Crippen LogP contribution < -0.4 is 4.90 Å². The van der Waals surface area contributed by atoms with Crippen LogP contribution in [0.4, 0.5) is 17.1 Å². The molecule has 0 atom stereocenters. The Kier molecular flexibility index (Phi) is 8.91. The molecule has 0 amide bonds. The van der Waals surface area contributed by atoms with Gasteiger partial charge < -0.3 is 4.90 Å². The number of hydrogen-bond donors (Lipinski definition) is 0. The lowest BCUT2D eigenvalue weighted by Crippen LogP contribution is -2.16. The predicted octanol–water partition coefficient (Wildman–Crippen LogP) is 17.6. The minimum absolute atomic E-state index is 0.110. The first-order chi connectivity index (χ1) is 31.5. The zero-order valence-corrected chi connectivity index (χ0v) is 36.0. The molecular weight excluding hydrogens is 771 g/mol. The molecular formula is C63H45N. The van der Waals surface area contributed by atoms with Crippen LogP contribution in [0, 0.1) is 0 Å². The molecule has 0 aromatic heterocycles. The van der Waals surface area contributed by atoms with Gasteiger partial charge in [0.25, 0.3) is 0 Å². The fourth-order valence-electron chi connectivity index (χ4n) is 10.4. The molecule has 0 aliphatic heterocycles. The molecule has 302 valence electrons. The summed E-state index contributed by atoms with van der Waals surface area (Å²) in [5, 5.41) is 7.55. The SMILES string of the molecule is CC1(C)c2ccccc2-c2cccc(-c3ccc(N(c4ccc(-c5ccc6c(ccc7ccccc76)c5)cc4)c4cc(-c5ccc6ccccc6c5)ccc4-c4ccccc4)cc3)c21. The van der Waals surface area contributed by atoms with E-state index in [1.165, 1.54) is 99.1 Å². The Morgan fingerprint density at radius 1 is 0.297 bits per heavy atom. The quantitative estimate of drug-likeness (QED) is 0.145. The Morgan fingerprint density at radius 2 is 0.812 bits per heavy atom. The summed E-state index contributed by atoms with van der Waals surface area (Å²) in [6, 6.07) is 87.3. The highest BCUT2D eigenvalue weighted by atomic mass is 15.1. The van der Waals surface area contributed by atoms with Gasteiger partial charge in [-0.3, -0.25) is 0 Å². The molecule has 0 N–H and O–H groups in total. The zero-order chi connectivity index (χ0) is 42.8. The molecule has 12 rings (SSSR count). The first-order valence-electron chi connectivity index (χ1n) is 22.3. The highest BCUT2D eigenvalue weighted by Gasteiger charge is 2.37. The van der Waals surface area contributed by atoms with Crippen molar-refractivity contribution in [3.63, 3.8) is 0 Å². The number of hydrogen-bond acceptors (Lipinski definition) is 1. The maximum Gasteiger partial charge on any atom is 0.0546 e. The maximum atomic E-state index is 2.45. The minimum Gasteiger partial charge on any atom is -0.310 e. The van der Waals surface area contributed by atoms with E-state index in [0.717, 1.165) is 17.1 Å². The molecule has 0 bridgehead atoms. The molecule has 1 aliphatic carbocycles. The summed E-state index contributed by atoms with van der Waals surface area (Å²) < 4.78 is 0.